The highest BCUT2D eigenvalue weighted by Crippen LogP contribution is 2.31. The van der Waals surface area contributed by atoms with Gasteiger partial charge in [0.2, 0.25) is 0 Å². The highest BCUT2D eigenvalue weighted by atomic mass is 16.4. The smallest absolute Gasteiger partial charge is 0.326 e. The van der Waals surface area contributed by atoms with Crippen LogP contribution in [0, 0.1) is 0 Å². The molecule has 0 saturated carbocycles. The first-order valence-corrected chi connectivity index (χ1v) is 6.51. The van der Waals surface area contributed by atoms with E-state index in [2.05, 4.69) is 5.32 Å². The van der Waals surface area contributed by atoms with Crippen LogP contribution < -0.4 is 5.32 Å². The van der Waals surface area contributed by atoms with Crippen molar-refractivity contribution in [3.63, 3.8) is 0 Å². The zero-order chi connectivity index (χ0) is 15.6. The molecule has 1 aliphatic heterocycles. The van der Waals surface area contributed by atoms with Crippen molar-refractivity contribution in [3.05, 3.63) is 29.3 Å². The molecule has 2 rings (SSSR count). The third-order valence-corrected chi connectivity index (χ3v) is 3.56. The van der Waals surface area contributed by atoms with E-state index in [0.29, 0.717) is 5.56 Å². The maximum Gasteiger partial charge on any atom is 0.326 e. The van der Waals surface area contributed by atoms with Crippen molar-refractivity contribution in [2.75, 3.05) is 12.4 Å². The second-order valence-electron chi connectivity index (χ2n) is 4.80. The summed E-state index contributed by atoms with van der Waals surface area (Å²) in [5.41, 5.74) is 1.97. The van der Waals surface area contributed by atoms with Crippen LogP contribution in [0.25, 0.3) is 0 Å². The fourth-order valence-electron chi connectivity index (χ4n) is 2.51. The molecule has 0 saturated heterocycles. The number of anilines is 1. The lowest BCUT2D eigenvalue weighted by molar-refractivity contribution is -0.143. The number of carboxylic acid groups (broad SMARTS) is 2. The number of fused-ring (bicyclic) bond motifs is 1. The van der Waals surface area contributed by atoms with Gasteiger partial charge in [0.15, 0.2) is 0 Å². The molecule has 21 heavy (non-hydrogen) atoms. The Bertz CT molecular complexity index is 599. The van der Waals surface area contributed by atoms with Crippen LogP contribution in [0.15, 0.2) is 18.2 Å². The summed E-state index contributed by atoms with van der Waals surface area (Å²) in [7, 11) is 1.72. The molecule has 7 heteroatoms. The Kier molecular flexibility index (Phi) is 4.11. The summed E-state index contributed by atoms with van der Waals surface area (Å²) in [6.45, 7) is 0.168. The molecule has 3 N–H and O–H groups in total. The number of nitrogens with zero attached hydrogens (tertiary/aromatic N) is 1. The average molecular weight is 292 g/mol. The summed E-state index contributed by atoms with van der Waals surface area (Å²) in [5, 5.41) is 20.9. The van der Waals surface area contributed by atoms with Gasteiger partial charge in [0.25, 0.3) is 5.91 Å². The van der Waals surface area contributed by atoms with E-state index in [9.17, 15) is 19.5 Å². The van der Waals surface area contributed by atoms with Crippen LogP contribution in [0.2, 0.25) is 0 Å². The van der Waals surface area contributed by atoms with Gasteiger partial charge in [-0.25, -0.2) is 4.79 Å². The Hall–Kier alpha value is -2.57. The van der Waals surface area contributed by atoms with Crippen molar-refractivity contribution in [2.45, 2.75) is 25.4 Å². The maximum atomic E-state index is 12.3. The van der Waals surface area contributed by atoms with Crippen molar-refractivity contribution in [1.82, 2.24) is 4.90 Å². The Morgan fingerprint density at radius 2 is 2.10 bits per heavy atom. The summed E-state index contributed by atoms with van der Waals surface area (Å²) >= 11 is 0. The third-order valence-electron chi connectivity index (χ3n) is 3.56. The molecule has 1 aliphatic rings. The lowest BCUT2D eigenvalue weighted by atomic mass is 10.1. The first-order valence-electron chi connectivity index (χ1n) is 6.51. The van der Waals surface area contributed by atoms with Crippen molar-refractivity contribution >= 4 is 23.5 Å². The average Bonchev–Trinajstić information content (AvgIpc) is 2.76. The fourth-order valence-corrected chi connectivity index (χ4v) is 2.51. The van der Waals surface area contributed by atoms with Gasteiger partial charge in [-0.3, -0.25) is 9.59 Å². The Morgan fingerprint density at radius 1 is 1.38 bits per heavy atom. The van der Waals surface area contributed by atoms with Gasteiger partial charge in [-0.05, 0) is 18.6 Å². The summed E-state index contributed by atoms with van der Waals surface area (Å²) in [4.78, 5) is 35.5. The van der Waals surface area contributed by atoms with Gasteiger partial charge in [0.1, 0.15) is 6.04 Å². The van der Waals surface area contributed by atoms with E-state index in [1.54, 1.807) is 19.2 Å². The van der Waals surface area contributed by atoms with Gasteiger partial charge in [-0.2, -0.15) is 0 Å². The molecule has 0 spiro atoms. The molecule has 112 valence electrons. The molecule has 0 fully saturated rings. The normalized spacial score (nSPS) is 14.7. The number of hydrogen-bond acceptors (Lipinski definition) is 4. The monoisotopic (exact) mass is 292 g/mol. The molecular weight excluding hydrogens is 276 g/mol. The molecule has 0 aromatic heterocycles. The van der Waals surface area contributed by atoms with Gasteiger partial charge in [0, 0.05) is 36.8 Å². The van der Waals surface area contributed by atoms with Gasteiger partial charge in [0.05, 0.1) is 0 Å². The Balaban J connectivity index is 2.27. The van der Waals surface area contributed by atoms with Crippen LogP contribution >= 0.6 is 0 Å². The number of carbonyl (C=O) groups is 3. The van der Waals surface area contributed by atoms with Gasteiger partial charge in [-0.15, -0.1) is 0 Å². The highest BCUT2D eigenvalue weighted by Gasteiger charge is 2.37. The first kappa shape index (κ1) is 14.8. The number of benzene rings is 1. The molecule has 1 aromatic carbocycles. The topological polar surface area (TPSA) is 107 Å². The predicted octanol–water partition coefficient (Wildman–Crippen LogP) is 1.00. The van der Waals surface area contributed by atoms with Gasteiger partial charge in [-0.1, -0.05) is 6.07 Å². The highest BCUT2D eigenvalue weighted by molar-refractivity contribution is 6.02. The standard InChI is InChI=1S/C14H16N2O5/c1-15-10-4-2-3-8-9(10)7-16(13(8)19)11(14(20)21)5-6-12(17)18/h2-4,11,15H,5-7H2,1H3,(H,17,18)(H,20,21). The van der Waals surface area contributed by atoms with Crippen LogP contribution in [-0.2, 0) is 16.1 Å². The second-order valence-corrected chi connectivity index (χ2v) is 4.80. The zero-order valence-corrected chi connectivity index (χ0v) is 11.5. The fraction of sp³-hybridized carbons (Fsp3) is 0.357. The lowest BCUT2D eigenvalue weighted by Crippen LogP contribution is -2.41. The summed E-state index contributed by atoms with van der Waals surface area (Å²) in [5.74, 6) is -2.65. The zero-order valence-electron chi connectivity index (χ0n) is 11.5. The molecule has 1 amide bonds. The number of aliphatic carboxylic acids is 2. The Labute approximate surface area is 121 Å². The van der Waals surface area contributed by atoms with E-state index in [-0.39, 0.29) is 25.3 Å². The van der Waals surface area contributed by atoms with Crippen LogP contribution in [0.3, 0.4) is 0 Å². The van der Waals surface area contributed by atoms with Crippen molar-refractivity contribution < 1.29 is 24.6 Å². The van der Waals surface area contributed by atoms with E-state index in [1.165, 1.54) is 4.90 Å². The molecule has 1 atom stereocenters. The quantitative estimate of drug-likeness (QED) is 0.722. The molecular formula is C14H16N2O5. The first-order chi connectivity index (χ1) is 9.95. The van der Waals surface area contributed by atoms with Crippen LogP contribution in [0.5, 0.6) is 0 Å². The summed E-state index contributed by atoms with van der Waals surface area (Å²) in [6.07, 6.45) is -0.407. The minimum Gasteiger partial charge on any atom is -0.481 e. The van der Waals surface area contributed by atoms with Crippen molar-refractivity contribution in [1.29, 1.82) is 0 Å². The molecule has 1 heterocycles. The minimum absolute atomic E-state index is 0.112. The maximum absolute atomic E-state index is 12.3. The van der Waals surface area contributed by atoms with Crippen LogP contribution in [-0.4, -0.2) is 46.0 Å². The lowest BCUT2D eigenvalue weighted by Gasteiger charge is -2.23. The van der Waals surface area contributed by atoms with Crippen molar-refractivity contribution in [3.8, 4) is 0 Å². The largest absolute Gasteiger partial charge is 0.481 e. The van der Waals surface area contributed by atoms with E-state index >= 15 is 0 Å². The summed E-state index contributed by atoms with van der Waals surface area (Å²) in [6, 6.07) is 4.04. The number of hydrogen-bond donors (Lipinski definition) is 3. The molecule has 0 radical (unpaired) electrons. The second kappa shape index (κ2) is 5.82. The SMILES string of the molecule is CNc1cccc2c1CN(C(CCC(=O)O)C(=O)O)C2=O. The van der Waals surface area contributed by atoms with Crippen molar-refractivity contribution in [2.24, 2.45) is 0 Å². The van der Waals surface area contributed by atoms with E-state index < -0.39 is 18.0 Å². The van der Waals surface area contributed by atoms with Crippen LogP contribution in [0.4, 0.5) is 5.69 Å². The van der Waals surface area contributed by atoms with Gasteiger partial charge < -0.3 is 20.4 Å². The summed E-state index contributed by atoms with van der Waals surface area (Å²) < 4.78 is 0. The van der Waals surface area contributed by atoms with Gasteiger partial charge >= 0.3 is 11.9 Å². The number of carbonyl (C=O) groups excluding carboxylic acids is 1. The number of nitrogens with one attached hydrogen (secondary N) is 1. The van der Waals surface area contributed by atoms with E-state index in [4.69, 9.17) is 5.11 Å². The molecule has 1 aromatic rings. The minimum atomic E-state index is -1.19. The number of carboxylic acids is 2. The predicted molar refractivity (Wildman–Crippen MR) is 74.2 cm³/mol. The van der Waals surface area contributed by atoms with Crippen LogP contribution in [0.1, 0.15) is 28.8 Å². The van der Waals surface area contributed by atoms with E-state index in [0.717, 1.165) is 11.3 Å². The molecule has 1 unspecified atom stereocenters. The number of rotatable bonds is 6. The number of amides is 1. The third kappa shape index (κ3) is 2.81. The molecule has 0 aliphatic carbocycles. The molecule has 7 nitrogen and oxygen atoms in total. The molecule has 0 bridgehead atoms. The Morgan fingerprint density at radius 3 is 2.67 bits per heavy atom. The van der Waals surface area contributed by atoms with E-state index in [1.807, 2.05) is 6.07 Å².